The van der Waals surface area contributed by atoms with Gasteiger partial charge >= 0.3 is 0 Å². The predicted octanol–water partition coefficient (Wildman–Crippen LogP) is 0.170. The molecule has 0 saturated heterocycles. The Morgan fingerprint density at radius 3 is 2.64 bits per heavy atom. The molecular weight excluding hydrogens is 284 g/mol. The summed E-state index contributed by atoms with van der Waals surface area (Å²) in [5, 5.41) is 16.2. The molecule has 1 unspecified atom stereocenters. The molecule has 0 aliphatic heterocycles. The number of methoxy groups -OCH3 is 1. The fourth-order valence-electron chi connectivity index (χ4n) is 2.10. The lowest BCUT2D eigenvalue weighted by Gasteiger charge is -2.25. The number of nitrogens with one attached hydrogen (secondary N) is 2. The Hall–Kier alpha value is -2.48. The number of amides is 1. The molecule has 0 aliphatic rings. The molecule has 1 heterocycles. The minimum Gasteiger partial charge on any atom is -0.497 e. The highest BCUT2D eigenvalue weighted by molar-refractivity contribution is 5.77. The van der Waals surface area contributed by atoms with Gasteiger partial charge in [-0.3, -0.25) is 4.79 Å². The largest absolute Gasteiger partial charge is 0.497 e. The van der Waals surface area contributed by atoms with Gasteiger partial charge in [0.05, 0.1) is 19.6 Å². The lowest BCUT2D eigenvalue weighted by Crippen LogP contribution is -2.35. The highest BCUT2D eigenvalue weighted by Gasteiger charge is 2.16. The Morgan fingerprint density at radius 1 is 1.36 bits per heavy atom. The first-order valence-corrected chi connectivity index (χ1v) is 6.89. The van der Waals surface area contributed by atoms with E-state index in [9.17, 15) is 4.79 Å². The molecule has 1 aromatic heterocycles. The number of rotatable bonds is 7. The predicted molar refractivity (Wildman–Crippen MR) is 80.3 cm³/mol. The number of ether oxygens (including phenoxy) is 1. The molecule has 118 valence electrons. The van der Waals surface area contributed by atoms with Crippen LogP contribution in [0.25, 0.3) is 0 Å². The van der Waals surface area contributed by atoms with E-state index < -0.39 is 0 Å². The first-order chi connectivity index (χ1) is 10.6. The molecule has 0 bridgehead atoms. The van der Waals surface area contributed by atoms with Crippen molar-refractivity contribution >= 4 is 5.91 Å². The average Bonchev–Trinajstić information content (AvgIpc) is 3.00. The van der Waals surface area contributed by atoms with Crippen molar-refractivity contribution in [2.75, 3.05) is 27.7 Å². The first-order valence-electron chi connectivity index (χ1n) is 6.89. The molecule has 22 heavy (non-hydrogen) atoms. The molecular formula is C14H20N6O2. The smallest absolute Gasteiger partial charge is 0.227 e. The fraction of sp³-hybridized carbons (Fsp3) is 0.429. The van der Waals surface area contributed by atoms with Crippen molar-refractivity contribution in [1.29, 1.82) is 0 Å². The summed E-state index contributed by atoms with van der Waals surface area (Å²) in [6.45, 7) is 0.496. The standard InChI is InChI=1S/C14H20N6O2/c1-20(2)12(10-4-6-11(22-3)7-5-10)9-15-14(21)8-13-16-18-19-17-13/h4-7,12H,8-9H2,1-3H3,(H,15,21)(H,16,17,18,19). The monoisotopic (exact) mass is 304 g/mol. The third-order valence-corrected chi connectivity index (χ3v) is 3.32. The van der Waals surface area contributed by atoms with Gasteiger partial charge < -0.3 is 15.0 Å². The molecule has 0 radical (unpaired) electrons. The Kier molecular flexibility index (Phi) is 5.42. The van der Waals surface area contributed by atoms with Crippen molar-refractivity contribution in [2.24, 2.45) is 0 Å². The van der Waals surface area contributed by atoms with Crippen LogP contribution >= 0.6 is 0 Å². The summed E-state index contributed by atoms with van der Waals surface area (Å²) in [6, 6.07) is 7.88. The van der Waals surface area contributed by atoms with Gasteiger partial charge in [0, 0.05) is 6.54 Å². The van der Waals surface area contributed by atoms with Crippen LogP contribution in [0, 0.1) is 0 Å². The van der Waals surface area contributed by atoms with Gasteiger partial charge in [-0.1, -0.05) is 17.3 Å². The lowest BCUT2D eigenvalue weighted by molar-refractivity contribution is -0.120. The third-order valence-electron chi connectivity index (χ3n) is 3.32. The number of likely N-dealkylation sites (N-methyl/N-ethyl adjacent to an activating group) is 1. The van der Waals surface area contributed by atoms with Crippen LogP contribution in [0.5, 0.6) is 5.75 Å². The number of carbonyl (C=O) groups is 1. The highest BCUT2D eigenvalue weighted by atomic mass is 16.5. The number of aromatic amines is 1. The molecule has 1 atom stereocenters. The van der Waals surface area contributed by atoms with Crippen molar-refractivity contribution in [3.8, 4) is 5.75 Å². The SMILES string of the molecule is COc1ccc(C(CNC(=O)Cc2nn[nH]n2)N(C)C)cc1. The zero-order valence-electron chi connectivity index (χ0n) is 12.9. The summed E-state index contributed by atoms with van der Waals surface area (Å²) >= 11 is 0. The molecule has 8 heteroatoms. The van der Waals surface area contributed by atoms with Gasteiger partial charge in [-0.05, 0) is 31.8 Å². The van der Waals surface area contributed by atoms with Crippen LogP contribution < -0.4 is 10.1 Å². The van der Waals surface area contributed by atoms with E-state index in [0.717, 1.165) is 11.3 Å². The van der Waals surface area contributed by atoms with Crippen molar-refractivity contribution in [3.05, 3.63) is 35.7 Å². The highest BCUT2D eigenvalue weighted by Crippen LogP contribution is 2.20. The maximum Gasteiger partial charge on any atom is 0.227 e. The maximum atomic E-state index is 11.9. The van der Waals surface area contributed by atoms with Crippen LogP contribution in [0.15, 0.2) is 24.3 Å². The topological polar surface area (TPSA) is 96.0 Å². The van der Waals surface area contributed by atoms with Gasteiger partial charge in [-0.2, -0.15) is 5.21 Å². The molecule has 0 saturated carbocycles. The molecule has 0 spiro atoms. The average molecular weight is 304 g/mol. The van der Waals surface area contributed by atoms with E-state index in [1.54, 1.807) is 7.11 Å². The van der Waals surface area contributed by atoms with Crippen LogP contribution in [0.3, 0.4) is 0 Å². The number of tetrazole rings is 1. The first kappa shape index (κ1) is 15.9. The Morgan fingerprint density at radius 2 is 2.09 bits per heavy atom. The van der Waals surface area contributed by atoms with Gasteiger partial charge in [0.1, 0.15) is 5.75 Å². The summed E-state index contributed by atoms with van der Waals surface area (Å²) in [7, 11) is 5.58. The minimum absolute atomic E-state index is 0.0696. The molecule has 0 aliphatic carbocycles. The second kappa shape index (κ2) is 7.51. The van der Waals surface area contributed by atoms with E-state index in [1.807, 2.05) is 38.4 Å². The number of nitrogens with zero attached hydrogens (tertiary/aromatic N) is 4. The molecule has 8 nitrogen and oxygen atoms in total. The van der Waals surface area contributed by atoms with Crippen molar-refractivity contribution in [2.45, 2.75) is 12.5 Å². The van der Waals surface area contributed by atoms with Crippen molar-refractivity contribution in [1.82, 2.24) is 30.8 Å². The summed E-state index contributed by atoms with van der Waals surface area (Å²) in [5.74, 6) is 1.05. The maximum absolute atomic E-state index is 11.9. The Bertz CT molecular complexity index is 582. The number of hydrogen-bond donors (Lipinski definition) is 2. The van der Waals surface area contributed by atoms with E-state index >= 15 is 0 Å². The normalized spacial score (nSPS) is 12.2. The number of aromatic nitrogens is 4. The van der Waals surface area contributed by atoms with Crippen molar-refractivity contribution < 1.29 is 9.53 Å². The van der Waals surface area contributed by atoms with Crippen LogP contribution in [0.1, 0.15) is 17.4 Å². The molecule has 1 amide bonds. The molecule has 2 aromatic rings. The number of hydrogen-bond acceptors (Lipinski definition) is 6. The number of H-pyrrole nitrogens is 1. The molecule has 2 rings (SSSR count). The molecule has 2 N–H and O–H groups in total. The molecule has 0 fully saturated rings. The number of benzene rings is 1. The second-order valence-corrected chi connectivity index (χ2v) is 5.06. The Balaban J connectivity index is 1.95. The quantitative estimate of drug-likeness (QED) is 0.757. The summed E-state index contributed by atoms with van der Waals surface area (Å²) in [4.78, 5) is 13.9. The van der Waals surface area contributed by atoms with E-state index in [1.165, 1.54) is 0 Å². The van der Waals surface area contributed by atoms with Gasteiger partial charge in [-0.15, -0.1) is 10.2 Å². The van der Waals surface area contributed by atoms with E-state index in [0.29, 0.717) is 12.4 Å². The van der Waals surface area contributed by atoms with E-state index in [4.69, 9.17) is 4.74 Å². The summed E-state index contributed by atoms with van der Waals surface area (Å²) in [6.07, 6.45) is 0.110. The lowest BCUT2D eigenvalue weighted by atomic mass is 10.1. The Labute approximate surface area is 128 Å². The van der Waals surface area contributed by atoms with Gasteiger partial charge in [-0.25, -0.2) is 0 Å². The summed E-state index contributed by atoms with van der Waals surface area (Å²) < 4.78 is 5.16. The van der Waals surface area contributed by atoms with Crippen molar-refractivity contribution in [3.63, 3.8) is 0 Å². The zero-order chi connectivity index (χ0) is 15.9. The minimum atomic E-state index is -0.137. The summed E-state index contributed by atoms with van der Waals surface area (Å²) in [5.41, 5.74) is 1.10. The van der Waals surface area contributed by atoms with E-state index in [2.05, 4.69) is 30.8 Å². The van der Waals surface area contributed by atoms with Crippen LogP contribution in [-0.4, -0.2) is 59.2 Å². The van der Waals surface area contributed by atoms with Gasteiger partial charge in [0.2, 0.25) is 5.91 Å². The van der Waals surface area contributed by atoms with Gasteiger partial charge in [0.15, 0.2) is 5.82 Å². The molecule has 1 aromatic carbocycles. The van der Waals surface area contributed by atoms with E-state index in [-0.39, 0.29) is 18.4 Å². The van der Waals surface area contributed by atoms with Gasteiger partial charge in [0.25, 0.3) is 0 Å². The third kappa shape index (κ3) is 4.26. The zero-order valence-corrected chi connectivity index (χ0v) is 12.9. The fourth-order valence-corrected chi connectivity index (χ4v) is 2.10. The number of carbonyl (C=O) groups excluding carboxylic acids is 1. The van der Waals surface area contributed by atoms with Crippen LogP contribution in [0.4, 0.5) is 0 Å². The van der Waals surface area contributed by atoms with Crippen LogP contribution in [-0.2, 0) is 11.2 Å². The van der Waals surface area contributed by atoms with Crippen LogP contribution in [0.2, 0.25) is 0 Å². The second-order valence-electron chi connectivity index (χ2n) is 5.06.